The number of nitrogens with one attached hydrogen (secondary N) is 2. The smallest absolute Gasteiger partial charge is 0.307 e. The SMILES string of the molecule is O=C(O)Cc1cc(CCN[C@H](c2ccccc2)[C@H]2CNc3cccnc3C2)ccc1F. The van der Waals surface area contributed by atoms with Crippen molar-refractivity contribution >= 4 is 11.7 Å². The summed E-state index contributed by atoms with van der Waals surface area (Å²) in [6.07, 6.45) is 3.09. The van der Waals surface area contributed by atoms with Crippen LogP contribution in [-0.2, 0) is 24.1 Å². The number of nitrogens with zero attached hydrogens (tertiary/aromatic N) is 1. The van der Waals surface area contributed by atoms with E-state index in [2.05, 4.69) is 33.8 Å². The summed E-state index contributed by atoms with van der Waals surface area (Å²) < 4.78 is 13.9. The molecule has 2 heterocycles. The van der Waals surface area contributed by atoms with Gasteiger partial charge in [-0.3, -0.25) is 9.78 Å². The Morgan fingerprint density at radius 2 is 2.03 bits per heavy atom. The molecule has 4 rings (SSSR count). The molecular formula is C25H26FN3O2. The minimum absolute atomic E-state index is 0.141. The molecule has 0 saturated heterocycles. The lowest BCUT2D eigenvalue weighted by Crippen LogP contribution is -2.37. The van der Waals surface area contributed by atoms with Crippen LogP contribution in [0, 0.1) is 11.7 Å². The first kappa shape index (κ1) is 21.0. The van der Waals surface area contributed by atoms with Crippen LogP contribution in [0.3, 0.4) is 0 Å². The zero-order valence-electron chi connectivity index (χ0n) is 17.2. The van der Waals surface area contributed by atoms with Crippen molar-refractivity contribution in [3.8, 4) is 0 Å². The number of carbonyl (C=O) groups is 1. The van der Waals surface area contributed by atoms with Gasteiger partial charge in [-0.2, -0.15) is 0 Å². The van der Waals surface area contributed by atoms with Crippen LogP contribution in [0.25, 0.3) is 0 Å². The molecule has 0 fully saturated rings. The van der Waals surface area contributed by atoms with E-state index in [1.54, 1.807) is 12.1 Å². The highest BCUT2D eigenvalue weighted by atomic mass is 19.1. The van der Waals surface area contributed by atoms with Crippen molar-refractivity contribution in [2.45, 2.75) is 25.3 Å². The van der Waals surface area contributed by atoms with E-state index in [0.717, 1.165) is 29.9 Å². The van der Waals surface area contributed by atoms with Crippen molar-refractivity contribution in [1.29, 1.82) is 0 Å². The fourth-order valence-corrected chi connectivity index (χ4v) is 4.23. The molecule has 0 saturated carbocycles. The van der Waals surface area contributed by atoms with Crippen molar-refractivity contribution < 1.29 is 14.3 Å². The van der Waals surface area contributed by atoms with Gasteiger partial charge in [0.25, 0.3) is 0 Å². The summed E-state index contributed by atoms with van der Waals surface area (Å²) in [6, 6.07) is 19.3. The lowest BCUT2D eigenvalue weighted by atomic mass is 9.86. The third kappa shape index (κ3) is 5.27. The van der Waals surface area contributed by atoms with Gasteiger partial charge in [0.15, 0.2) is 0 Å². The highest BCUT2D eigenvalue weighted by Crippen LogP contribution is 2.31. The predicted octanol–water partition coefficient (Wildman–Crippen LogP) is 4.01. The number of carboxylic acid groups (broad SMARTS) is 1. The Labute approximate surface area is 181 Å². The fraction of sp³-hybridized carbons (Fsp3) is 0.280. The number of hydrogen-bond donors (Lipinski definition) is 3. The molecule has 2 atom stereocenters. The summed E-state index contributed by atoms with van der Waals surface area (Å²) in [5, 5.41) is 16.2. The average molecular weight is 420 g/mol. The van der Waals surface area contributed by atoms with Crippen LogP contribution >= 0.6 is 0 Å². The third-order valence-corrected chi connectivity index (χ3v) is 5.76. The van der Waals surface area contributed by atoms with E-state index in [9.17, 15) is 9.18 Å². The molecule has 0 spiro atoms. The van der Waals surface area contributed by atoms with Gasteiger partial charge in [0, 0.05) is 24.7 Å². The first-order chi connectivity index (χ1) is 15.1. The number of pyridine rings is 1. The maximum atomic E-state index is 13.9. The average Bonchev–Trinajstić information content (AvgIpc) is 2.79. The maximum Gasteiger partial charge on any atom is 0.307 e. The Morgan fingerprint density at radius 1 is 1.19 bits per heavy atom. The Hall–Kier alpha value is -3.25. The van der Waals surface area contributed by atoms with Gasteiger partial charge in [-0.25, -0.2) is 4.39 Å². The molecule has 0 bridgehead atoms. The lowest BCUT2D eigenvalue weighted by molar-refractivity contribution is -0.136. The molecule has 1 aromatic heterocycles. The number of benzene rings is 2. The fourth-order valence-electron chi connectivity index (χ4n) is 4.23. The normalized spacial score (nSPS) is 16.2. The predicted molar refractivity (Wildman–Crippen MR) is 119 cm³/mol. The number of aliphatic carboxylic acids is 1. The number of aromatic nitrogens is 1. The summed E-state index contributed by atoms with van der Waals surface area (Å²) in [4.78, 5) is 15.5. The van der Waals surface area contributed by atoms with Crippen LogP contribution in [0.5, 0.6) is 0 Å². The minimum atomic E-state index is -1.03. The van der Waals surface area contributed by atoms with Crippen LogP contribution in [0.4, 0.5) is 10.1 Å². The van der Waals surface area contributed by atoms with E-state index in [-0.39, 0.29) is 18.0 Å². The van der Waals surface area contributed by atoms with Gasteiger partial charge in [-0.05, 0) is 54.3 Å². The van der Waals surface area contributed by atoms with Crippen molar-refractivity contribution in [3.63, 3.8) is 0 Å². The number of rotatable bonds is 8. The van der Waals surface area contributed by atoms with Crippen LogP contribution < -0.4 is 10.6 Å². The summed E-state index contributed by atoms with van der Waals surface area (Å²) in [7, 11) is 0. The first-order valence-electron chi connectivity index (χ1n) is 10.6. The zero-order chi connectivity index (χ0) is 21.6. The second kappa shape index (κ2) is 9.71. The maximum absolute atomic E-state index is 13.9. The molecule has 0 amide bonds. The largest absolute Gasteiger partial charge is 0.481 e. The molecule has 2 aromatic carbocycles. The first-order valence-corrected chi connectivity index (χ1v) is 10.6. The highest BCUT2D eigenvalue weighted by molar-refractivity contribution is 5.70. The van der Waals surface area contributed by atoms with E-state index in [4.69, 9.17) is 5.11 Å². The van der Waals surface area contributed by atoms with Gasteiger partial charge in [-0.15, -0.1) is 0 Å². The lowest BCUT2D eigenvalue weighted by Gasteiger charge is -2.33. The standard InChI is InChI=1S/C25H26FN3O2/c26-21-9-8-17(13-19(21)15-24(30)31)10-12-28-25(18-5-2-1-3-6-18)20-14-23-22(29-16-20)7-4-11-27-23/h1-9,11,13,20,25,28-29H,10,12,14-16H2,(H,30,31)/t20-,25-/m1/s1. The monoisotopic (exact) mass is 419 g/mol. The Bertz CT molecular complexity index is 1040. The Morgan fingerprint density at radius 3 is 2.84 bits per heavy atom. The molecule has 0 radical (unpaired) electrons. The molecule has 5 nitrogen and oxygen atoms in total. The summed E-state index contributed by atoms with van der Waals surface area (Å²) in [6.45, 7) is 1.55. The van der Waals surface area contributed by atoms with Crippen LogP contribution in [0.15, 0.2) is 66.9 Å². The van der Waals surface area contributed by atoms with Gasteiger partial charge in [-0.1, -0.05) is 42.5 Å². The molecular weight excluding hydrogens is 393 g/mol. The van der Waals surface area contributed by atoms with Gasteiger partial charge in [0.2, 0.25) is 0 Å². The van der Waals surface area contributed by atoms with E-state index in [0.29, 0.717) is 18.9 Å². The summed E-state index contributed by atoms with van der Waals surface area (Å²) in [5.41, 5.74) is 4.55. The molecule has 31 heavy (non-hydrogen) atoms. The molecule has 3 aromatic rings. The van der Waals surface area contributed by atoms with Crippen LogP contribution in [0.2, 0.25) is 0 Å². The number of hydrogen-bond acceptors (Lipinski definition) is 4. The molecule has 160 valence electrons. The number of anilines is 1. The molecule has 3 N–H and O–H groups in total. The van der Waals surface area contributed by atoms with Crippen molar-refractivity contribution in [3.05, 3.63) is 95.1 Å². The summed E-state index contributed by atoms with van der Waals surface area (Å²) in [5.74, 6) is -1.17. The van der Waals surface area contributed by atoms with Gasteiger partial charge in [0.1, 0.15) is 5.82 Å². The second-order valence-electron chi connectivity index (χ2n) is 7.93. The number of halogens is 1. The van der Waals surface area contributed by atoms with Crippen molar-refractivity contribution in [2.24, 2.45) is 5.92 Å². The van der Waals surface area contributed by atoms with E-state index >= 15 is 0 Å². The minimum Gasteiger partial charge on any atom is -0.481 e. The Kier molecular flexibility index (Phi) is 6.57. The van der Waals surface area contributed by atoms with E-state index in [1.807, 2.05) is 30.5 Å². The van der Waals surface area contributed by atoms with Crippen LogP contribution in [0.1, 0.15) is 28.4 Å². The topological polar surface area (TPSA) is 74.2 Å². The molecule has 0 unspecified atom stereocenters. The van der Waals surface area contributed by atoms with E-state index in [1.165, 1.54) is 11.6 Å². The third-order valence-electron chi connectivity index (χ3n) is 5.76. The molecule has 1 aliphatic heterocycles. The molecule has 6 heteroatoms. The van der Waals surface area contributed by atoms with Crippen molar-refractivity contribution in [1.82, 2.24) is 10.3 Å². The molecule has 1 aliphatic rings. The van der Waals surface area contributed by atoms with Crippen molar-refractivity contribution in [2.75, 3.05) is 18.4 Å². The number of fused-ring (bicyclic) bond motifs is 1. The zero-order valence-corrected chi connectivity index (χ0v) is 17.2. The van der Waals surface area contributed by atoms with Gasteiger partial charge < -0.3 is 15.7 Å². The number of carboxylic acids is 1. The highest BCUT2D eigenvalue weighted by Gasteiger charge is 2.27. The quantitative estimate of drug-likeness (QED) is 0.515. The second-order valence-corrected chi connectivity index (χ2v) is 7.93. The van der Waals surface area contributed by atoms with E-state index < -0.39 is 11.8 Å². The van der Waals surface area contributed by atoms with Crippen LogP contribution in [-0.4, -0.2) is 29.1 Å². The molecule has 0 aliphatic carbocycles. The summed E-state index contributed by atoms with van der Waals surface area (Å²) >= 11 is 0. The van der Waals surface area contributed by atoms with Gasteiger partial charge >= 0.3 is 5.97 Å². The Balaban J connectivity index is 1.46. The van der Waals surface area contributed by atoms with Gasteiger partial charge in [0.05, 0.1) is 17.8 Å².